The number of hydrogen-bond donors (Lipinski definition) is 1. The molecular formula is C12H11N3O4. The molecule has 2 rings (SSSR count). The van der Waals surface area contributed by atoms with Crippen molar-refractivity contribution in [2.45, 2.75) is 6.54 Å². The predicted molar refractivity (Wildman–Crippen MR) is 66.0 cm³/mol. The van der Waals surface area contributed by atoms with Gasteiger partial charge < -0.3 is 4.74 Å². The van der Waals surface area contributed by atoms with Crippen LogP contribution in [-0.4, -0.2) is 27.8 Å². The number of nitrogens with zero attached hydrogens (tertiary/aromatic N) is 2. The third kappa shape index (κ3) is 2.95. The number of rotatable bonds is 3. The Morgan fingerprint density at radius 3 is 2.74 bits per heavy atom. The number of aromatic nitrogens is 3. The molecule has 98 valence electrons. The Labute approximate surface area is 107 Å². The van der Waals surface area contributed by atoms with Crippen LogP contribution in [0.4, 0.5) is 0 Å². The summed E-state index contributed by atoms with van der Waals surface area (Å²) < 4.78 is 5.69. The number of H-pyrrole nitrogens is 1. The molecule has 0 radical (unpaired) electrons. The molecule has 7 heteroatoms. The summed E-state index contributed by atoms with van der Waals surface area (Å²) in [7, 11) is 1.28. The number of carbonyl (C=O) groups is 1. The summed E-state index contributed by atoms with van der Waals surface area (Å²) in [4.78, 5) is 37.9. The second-order valence-corrected chi connectivity index (χ2v) is 3.76. The summed E-state index contributed by atoms with van der Waals surface area (Å²) in [6.07, 6.45) is 1.35. The molecule has 0 fully saturated rings. The minimum Gasteiger partial charge on any atom is -0.465 e. The smallest absolute Gasteiger partial charge is 0.339 e. The highest BCUT2D eigenvalue weighted by molar-refractivity contribution is 5.88. The van der Waals surface area contributed by atoms with E-state index < -0.39 is 5.97 Å². The molecule has 0 amide bonds. The van der Waals surface area contributed by atoms with Crippen molar-refractivity contribution in [1.29, 1.82) is 0 Å². The van der Waals surface area contributed by atoms with Gasteiger partial charge in [-0.15, -0.1) is 0 Å². The molecule has 7 nitrogen and oxygen atoms in total. The zero-order valence-corrected chi connectivity index (χ0v) is 10.1. The molecule has 0 aliphatic carbocycles. The maximum atomic E-state index is 11.5. The Morgan fingerprint density at radius 1 is 1.32 bits per heavy atom. The first-order valence-corrected chi connectivity index (χ1v) is 5.43. The summed E-state index contributed by atoms with van der Waals surface area (Å²) >= 11 is 0. The van der Waals surface area contributed by atoms with E-state index >= 15 is 0 Å². The van der Waals surface area contributed by atoms with E-state index in [9.17, 15) is 14.4 Å². The number of hydrogen-bond acceptors (Lipinski definition) is 5. The van der Waals surface area contributed by atoms with Gasteiger partial charge in [0.15, 0.2) is 0 Å². The van der Waals surface area contributed by atoms with Crippen molar-refractivity contribution in [1.82, 2.24) is 14.8 Å². The number of esters is 1. The zero-order chi connectivity index (χ0) is 13.8. The first-order chi connectivity index (χ1) is 9.10. The fraction of sp³-hybridized carbons (Fsp3) is 0.167. The number of pyridine rings is 1. The average Bonchev–Trinajstić information content (AvgIpc) is 2.43. The van der Waals surface area contributed by atoms with Crippen LogP contribution in [0.25, 0.3) is 0 Å². The van der Waals surface area contributed by atoms with Gasteiger partial charge in [0.1, 0.15) is 0 Å². The molecule has 2 aromatic heterocycles. The van der Waals surface area contributed by atoms with Crippen LogP contribution in [0.3, 0.4) is 0 Å². The van der Waals surface area contributed by atoms with Gasteiger partial charge in [-0.05, 0) is 12.1 Å². The standard InChI is InChI=1S/C12H11N3O4/c1-19-12(18)8-2-3-9(13-6-8)7-15-11(17)5-4-10(16)14-15/h2-6H,7H2,1H3,(H,14,16). The number of aromatic amines is 1. The Morgan fingerprint density at radius 2 is 2.11 bits per heavy atom. The monoisotopic (exact) mass is 261 g/mol. The van der Waals surface area contributed by atoms with E-state index in [-0.39, 0.29) is 17.7 Å². The first kappa shape index (κ1) is 12.7. The van der Waals surface area contributed by atoms with Gasteiger partial charge in [-0.3, -0.25) is 19.7 Å². The van der Waals surface area contributed by atoms with Crippen LogP contribution in [0.15, 0.2) is 40.1 Å². The Hall–Kier alpha value is -2.70. The minimum absolute atomic E-state index is 0.121. The number of methoxy groups -OCH3 is 1. The van der Waals surface area contributed by atoms with Crippen molar-refractivity contribution in [3.05, 3.63) is 62.4 Å². The zero-order valence-electron chi connectivity index (χ0n) is 10.1. The first-order valence-electron chi connectivity index (χ1n) is 5.43. The quantitative estimate of drug-likeness (QED) is 0.770. The van der Waals surface area contributed by atoms with Gasteiger partial charge in [0.25, 0.3) is 11.1 Å². The molecule has 0 aromatic carbocycles. The number of nitrogens with one attached hydrogen (secondary N) is 1. The van der Waals surface area contributed by atoms with Gasteiger partial charge in [-0.1, -0.05) is 0 Å². The highest BCUT2D eigenvalue weighted by atomic mass is 16.5. The lowest BCUT2D eigenvalue weighted by Gasteiger charge is -2.04. The molecule has 0 spiro atoms. The Bertz CT molecular complexity index is 700. The largest absolute Gasteiger partial charge is 0.465 e. The van der Waals surface area contributed by atoms with Gasteiger partial charge in [-0.2, -0.15) is 0 Å². The second-order valence-electron chi connectivity index (χ2n) is 3.76. The number of carbonyl (C=O) groups excluding carboxylic acids is 1. The summed E-state index contributed by atoms with van der Waals surface area (Å²) in [5, 5.41) is 2.39. The SMILES string of the molecule is COC(=O)c1ccc(Cn2[nH]c(=O)ccc2=O)nc1. The summed E-state index contributed by atoms with van der Waals surface area (Å²) in [6.45, 7) is 0.121. The highest BCUT2D eigenvalue weighted by Crippen LogP contribution is 2.02. The van der Waals surface area contributed by atoms with E-state index in [0.717, 1.165) is 10.7 Å². The van der Waals surface area contributed by atoms with Gasteiger partial charge in [-0.25, -0.2) is 9.48 Å². The fourth-order valence-electron chi connectivity index (χ4n) is 1.50. The maximum absolute atomic E-state index is 11.5. The van der Waals surface area contributed by atoms with Crippen LogP contribution in [-0.2, 0) is 11.3 Å². The Kier molecular flexibility index (Phi) is 3.56. The van der Waals surface area contributed by atoms with Crippen molar-refractivity contribution >= 4 is 5.97 Å². The van der Waals surface area contributed by atoms with E-state index in [1.165, 1.54) is 19.4 Å². The lowest BCUT2D eigenvalue weighted by atomic mass is 10.2. The van der Waals surface area contributed by atoms with E-state index in [1.54, 1.807) is 12.1 Å². The van der Waals surface area contributed by atoms with Crippen molar-refractivity contribution in [2.24, 2.45) is 0 Å². The maximum Gasteiger partial charge on any atom is 0.339 e. The van der Waals surface area contributed by atoms with E-state index in [4.69, 9.17) is 0 Å². The summed E-state index contributed by atoms with van der Waals surface area (Å²) in [6, 6.07) is 5.47. The van der Waals surface area contributed by atoms with E-state index in [1.807, 2.05) is 0 Å². The molecule has 0 aliphatic rings. The van der Waals surface area contributed by atoms with Crippen LogP contribution in [0.2, 0.25) is 0 Å². The lowest BCUT2D eigenvalue weighted by molar-refractivity contribution is 0.0600. The van der Waals surface area contributed by atoms with Gasteiger partial charge in [0.2, 0.25) is 0 Å². The molecule has 0 atom stereocenters. The van der Waals surface area contributed by atoms with Crippen molar-refractivity contribution in [3.63, 3.8) is 0 Å². The molecule has 0 bridgehead atoms. The topological polar surface area (TPSA) is 94.0 Å². The van der Waals surface area contributed by atoms with Crippen LogP contribution in [0.5, 0.6) is 0 Å². The molecule has 0 unspecified atom stereocenters. The molecule has 2 aromatic rings. The molecule has 0 saturated carbocycles. The van der Waals surface area contributed by atoms with Crippen LogP contribution >= 0.6 is 0 Å². The van der Waals surface area contributed by atoms with E-state index in [2.05, 4.69) is 14.8 Å². The van der Waals surface area contributed by atoms with Crippen molar-refractivity contribution in [2.75, 3.05) is 7.11 Å². The van der Waals surface area contributed by atoms with Gasteiger partial charge >= 0.3 is 5.97 Å². The van der Waals surface area contributed by atoms with Crippen molar-refractivity contribution < 1.29 is 9.53 Å². The molecule has 2 heterocycles. The second kappa shape index (κ2) is 5.30. The average molecular weight is 261 g/mol. The molecular weight excluding hydrogens is 250 g/mol. The van der Waals surface area contributed by atoms with E-state index in [0.29, 0.717) is 11.3 Å². The number of ether oxygens (including phenoxy) is 1. The summed E-state index contributed by atoms with van der Waals surface area (Å²) in [5.41, 5.74) is 0.154. The Balaban J connectivity index is 2.24. The molecule has 1 N–H and O–H groups in total. The van der Waals surface area contributed by atoms with Crippen molar-refractivity contribution in [3.8, 4) is 0 Å². The molecule has 0 saturated heterocycles. The van der Waals surface area contributed by atoms with Crippen LogP contribution in [0.1, 0.15) is 16.1 Å². The molecule has 0 aliphatic heterocycles. The highest BCUT2D eigenvalue weighted by Gasteiger charge is 2.06. The third-order valence-electron chi connectivity index (χ3n) is 2.45. The predicted octanol–water partition coefficient (Wildman–Crippen LogP) is -0.234. The third-order valence-corrected chi connectivity index (χ3v) is 2.45. The normalized spacial score (nSPS) is 10.2. The molecule has 19 heavy (non-hydrogen) atoms. The van der Waals surface area contributed by atoms with Gasteiger partial charge in [0, 0.05) is 18.3 Å². The van der Waals surface area contributed by atoms with Crippen LogP contribution < -0.4 is 11.1 Å². The summed E-state index contributed by atoms with van der Waals surface area (Å²) in [5.74, 6) is -0.482. The fourth-order valence-corrected chi connectivity index (χ4v) is 1.50. The lowest BCUT2D eigenvalue weighted by Crippen LogP contribution is -2.28. The van der Waals surface area contributed by atoms with Gasteiger partial charge in [0.05, 0.1) is 24.9 Å². The minimum atomic E-state index is -0.482. The van der Waals surface area contributed by atoms with Crippen LogP contribution in [0, 0.1) is 0 Å².